The van der Waals surface area contributed by atoms with Crippen LogP contribution in [0.3, 0.4) is 0 Å². The normalized spacial score (nSPS) is 15.7. The van der Waals surface area contributed by atoms with Gasteiger partial charge in [0.25, 0.3) is 11.8 Å². The molecular weight excluding hydrogens is 296 g/mol. The molecule has 2 amide bonds. The average molecular weight is 309 g/mol. The summed E-state index contributed by atoms with van der Waals surface area (Å²) in [7, 11) is 0. The van der Waals surface area contributed by atoms with Crippen LogP contribution in [-0.2, 0) is 9.59 Å². The van der Waals surface area contributed by atoms with Crippen LogP contribution in [0.1, 0.15) is 19.4 Å². The molecule has 0 aromatic heterocycles. The van der Waals surface area contributed by atoms with E-state index in [0.29, 0.717) is 16.8 Å². The van der Waals surface area contributed by atoms with Crippen molar-refractivity contribution in [2.45, 2.75) is 20.8 Å². The van der Waals surface area contributed by atoms with Crippen LogP contribution in [0.25, 0.3) is 0 Å². The van der Waals surface area contributed by atoms with Gasteiger partial charge in [-0.05, 0) is 44.5 Å². The largest absolute Gasteiger partial charge is 0.288 e. The second kappa shape index (κ2) is 4.57. The first kappa shape index (κ1) is 12.8. The van der Waals surface area contributed by atoms with Crippen molar-refractivity contribution < 1.29 is 9.59 Å². The SMILES string of the molecule is CC1=C(C)C(=O)N(Nc2ccc(Br)c(C)c2)C1=O. The van der Waals surface area contributed by atoms with E-state index in [-0.39, 0.29) is 11.8 Å². The van der Waals surface area contributed by atoms with Gasteiger partial charge in [-0.25, -0.2) is 0 Å². The summed E-state index contributed by atoms with van der Waals surface area (Å²) in [5.41, 5.74) is 5.55. The maximum Gasteiger partial charge on any atom is 0.275 e. The highest BCUT2D eigenvalue weighted by atomic mass is 79.9. The topological polar surface area (TPSA) is 49.4 Å². The third-order valence-corrected chi connectivity index (χ3v) is 3.90. The summed E-state index contributed by atoms with van der Waals surface area (Å²) < 4.78 is 0.984. The number of nitrogens with one attached hydrogen (secondary N) is 1. The molecule has 1 aromatic rings. The van der Waals surface area contributed by atoms with E-state index in [1.165, 1.54) is 0 Å². The molecule has 2 rings (SSSR count). The van der Waals surface area contributed by atoms with Crippen LogP contribution in [0, 0.1) is 6.92 Å². The quantitative estimate of drug-likeness (QED) is 0.855. The lowest BCUT2D eigenvalue weighted by Gasteiger charge is -2.17. The van der Waals surface area contributed by atoms with Crippen LogP contribution in [-0.4, -0.2) is 16.8 Å². The molecule has 1 aromatic carbocycles. The van der Waals surface area contributed by atoms with E-state index in [9.17, 15) is 9.59 Å². The van der Waals surface area contributed by atoms with Gasteiger partial charge in [0.15, 0.2) is 0 Å². The summed E-state index contributed by atoms with van der Waals surface area (Å²) in [6.07, 6.45) is 0. The maximum atomic E-state index is 11.9. The minimum Gasteiger partial charge on any atom is -0.288 e. The Morgan fingerprint density at radius 1 is 1.06 bits per heavy atom. The van der Waals surface area contributed by atoms with Crippen molar-refractivity contribution in [2.75, 3.05) is 5.43 Å². The summed E-state index contributed by atoms with van der Waals surface area (Å²) in [5.74, 6) is -0.587. The fourth-order valence-corrected chi connectivity index (χ4v) is 1.94. The van der Waals surface area contributed by atoms with Gasteiger partial charge in [0.1, 0.15) is 0 Å². The molecule has 0 spiro atoms. The van der Waals surface area contributed by atoms with E-state index in [0.717, 1.165) is 15.0 Å². The Bertz CT molecular complexity index is 554. The number of hydrogen-bond donors (Lipinski definition) is 1. The zero-order valence-corrected chi connectivity index (χ0v) is 12.0. The number of hydrazine groups is 1. The lowest BCUT2D eigenvalue weighted by atomic mass is 10.2. The van der Waals surface area contributed by atoms with Crippen LogP contribution in [0.2, 0.25) is 0 Å². The number of hydrogen-bond acceptors (Lipinski definition) is 3. The third kappa shape index (κ3) is 2.06. The van der Waals surface area contributed by atoms with Crippen LogP contribution in [0.15, 0.2) is 33.8 Å². The van der Waals surface area contributed by atoms with Gasteiger partial charge in [-0.3, -0.25) is 15.0 Å². The predicted octanol–water partition coefficient (Wildman–Crippen LogP) is 2.79. The molecule has 0 unspecified atom stereocenters. The Morgan fingerprint density at radius 2 is 1.61 bits per heavy atom. The molecule has 4 nitrogen and oxygen atoms in total. The van der Waals surface area contributed by atoms with Gasteiger partial charge >= 0.3 is 0 Å². The van der Waals surface area contributed by atoms with E-state index in [1.807, 2.05) is 19.1 Å². The van der Waals surface area contributed by atoms with Crippen molar-refractivity contribution in [3.05, 3.63) is 39.4 Å². The Hall–Kier alpha value is -1.62. The number of aryl methyl sites for hydroxylation is 1. The van der Waals surface area contributed by atoms with Gasteiger partial charge in [0.05, 0.1) is 5.69 Å². The number of carbonyl (C=O) groups excluding carboxylic acids is 2. The predicted molar refractivity (Wildman–Crippen MR) is 72.7 cm³/mol. The highest BCUT2D eigenvalue weighted by Gasteiger charge is 2.33. The molecule has 1 aliphatic heterocycles. The monoisotopic (exact) mass is 308 g/mol. The van der Waals surface area contributed by atoms with Crippen molar-refractivity contribution in [2.24, 2.45) is 0 Å². The summed E-state index contributed by atoms with van der Waals surface area (Å²) in [5, 5.41) is 1.05. The number of rotatable bonds is 2. The van der Waals surface area contributed by atoms with Crippen molar-refractivity contribution in [3.63, 3.8) is 0 Å². The number of carbonyl (C=O) groups is 2. The van der Waals surface area contributed by atoms with Gasteiger partial charge in [0.2, 0.25) is 0 Å². The molecule has 0 atom stereocenters. The second-order valence-corrected chi connectivity index (χ2v) is 5.13. The number of amides is 2. The molecule has 94 valence electrons. The fourth-order valence-electron chi connectivity index (χ4n) is 1.69. The zero-order valence-electron chi connectivity index (χ0n) is 10.4. The molecule has 0 aliphatic carbocycles. The number of benzene rings is 1. The van der Waals surface area contributed by atoms with E-state index in [2.05, 4.69) is 21.4 Å². The molecule has 0 radical (unpaired) electrons. The minimum atomic E-state index is -0.293. The number of anilines is 1. The Labute approximate surface area is 114 Å². The van der Waals surface area contributed by atoms with Crippen LogP contribution in [0.4, 0.5) is 5.69 Å². The lowest BCUT2D eigenvalue weighted by molar-refractivity contribution is -0.135. The summed E-state index contributed by atoms with van der Waals surface area (Å²) in [4.78, 5) is 23.7. The van der Waals surface area contributed by atoms with Crippen LogP contribution >= 0.6 is 15.9 Å². The first-order chi connectivity index (χ1) is 8.41. The molecule has 1 aliphatic rings. The number of imide groups is 1. The van der Waals surface area contributed by atoms with Crippen LogP contribution < -0.4 is 5.43 Å². The third-order valence-electron chi connectivity index (χ3n) is 3.01. The first-order valence-electron chi connectivity index (χ1n) is 5.51. The lowest BCUT2D eigenvalue weighted by Crippen LogP contribution is -2.36. The molecule has 1 heterocycles. The second-order valence-electron chi connectivity index (χ2n) is 4.27. The first-order valence-corrected chi connectivity index (χ1v) is 6.30. The molecule has 5 heteroatoms. The fraction of sp³-hybridized carbons (Fsp3) is 0.231. The maximum absolute atomic E-state index is 11.9. The highest BCUT2D eigenvalue weighted by molar-refractivity contribution is 9.10. The minimum absolute atomic E-state index is 0.293. The Kier molecular flexibility index (Phi) is 3.26. The highest BCUT2D eigenvalue weighted by Crippen LogP contribution is 2.24. The Balaban J connectivity index is 2.24. The number of halogens is 1. The molecule has 1 N–H and O–H groups in total. The van der Waals surface area contributed by atoms with E-state index in [1.54, 1.807) is 19.9 Å². The molecule has 18 heavy (non-hydrogen) atoms. The Morgan fingerprint density at radius 3 is 2.11 bits per heavy atom. The standard InChI is InChI=1S/C13H13BrN2O2/c1-7-6-10(4-5-11(7)14)15-16-12(17)8(2)9(3)13(16)18/h4-6,15H,1-3H3. The summed E-state index contributed by atoms with van der Waals surface area (Å²) in [6, 6.07) is 5.55. The smallest absolute Gasteiger partial charge is 0.275 e. The van der Waals surface area contributed by atoms with Crippen molar-refractivity contribution in [1.29, 1.82) is 0 Å². The average Bonchev–Trinajstić information content (AvgIpc) is 2.52. The van der Waals surface area contributed by atoms with Gasteiger partial charge in [-0.15, -0.1) is 0 Å². The van der Waals surface area contributed by atoms with Crippen molar-refractivity contribution in [1.82, 2.24) is 5.01 Å². The summed E-state index contributed by atoms with van der Waals surface area (Å²) in [6.45, 7) is 5.26. The molecular formula is C13H13BrN2O2. The number of nitrogens with zero attached hydrogens (tertiary/aromatic N) is 1. The van der Waals surface area contributed by atoms with Gasteiger partial charge < -0.3 is 0 Å². The van der Waals surface area contributed by atoms with Crippen molar-refractivity contribution >= 4 is 33.4 Å². The van der Waals surface area contributed by atoms with Crippen LogP contribution in [0.5, 0.6) is 0 Å². The molecule has 0 saturated carbocycles. The molecule has 0 saturated heterocycles. The molecule has 0 fully saturated rings. The zero-order chi connectivity index (χ0) is 13.4. The van der Waals surface area contributed by atoms with Gasteiger partial charge in [-0.2, -0.15) is 5.01 Å². The van der Waals surface area contributed by atoms with Gasteiger partial charge in [-0.1, -0.05) is 15.9 Å². The van der Waals surface area contributed by atoms with Gasteiger partial charge in [0, 0.05) is 15.6 Å². The van der Waals surface area contributed by atoms with E-state index in [4.69, 9.17) is 0 Å². The van der Waals surface area contributed by atoms with E-state index >= 15 is 0 Å². The van der Waals surface area contributed by atoms with Crippen molar-refractivity contribution in [3.8, 4) is 0 Å². The summed E-state index contributed by atoms with van der Waals surface area (Å²) >= 11 is 3.40. The van der Waals surface area contributed by atoms with E-state index < -0.39 is 0 Å². The molecule has 0 bridgehead atoms.